The van der Waals surface area contributed by atoms with E-state index in [9.17, 15) is 8.42 Å². The zero-order chi connectivity index (χ0) is 19.3. The van der Waals surface area contributed by atoms with E-state index < -0.39 is 10.0 Å². The van der Waals surface area contributed by atoms with E-state index in [4.69, 9.17) is 9.94 Å². The number of aliphatic hydroxyl groups is 1. The van der Waals surface area contributed by atoms with E-state index in [2.05, 4.69) is 20.3 Å². The molecule has 0 fully saturated rings. The highest BCUT2D eigenvalue weighted by atomic mass is 32.2. The maximum Gasteiger partial charge on any atom is 0.277 e. The summed E-state index contributed by atoms with van der Waals surface area (Å²) in [7, 11) is -3.85. The highest BCUT2D eigenvalue weighted by molar-refractivity contribution is 7.89. The molecule has 0 radical (unpaired) electrons. The van der Waals surface area contributed by atoms with Crippen molar-refractivity contribution in [3.05, 3.63) is 42.2 Å². The number of aliphatic hydroxyl groups excluding tert-OH is 1. The van der Waals surface area contributed by atoms with E-state index in [-0.39, 0.29) is 23.8 Å². The molecule has 4 aromatic rings. The Kier molecular flexibility index (Phi) is 3.91. The van der Waals surface area contributed by atoms with Gasteiger partial charge in [0.25, 0.3) is 10.0 Å². The first-order chi connectivity index (χ1) is 13.6. The van der Waals surface area contributed by atoms with Crippen molar-refractivity contribution in [2.75, 3.05) is 18.5 Å². The van der Waals surface area contributed by atoms with Crippen LogP contribution in [-0.2, 0) is 10.0 Å². The lowest BCUT2D eigenvalue weighted by atomic mass is 10.2. The van der Waals surface area contributed by atoms with Crippen molar-refractivity contribution in [2.45, 2.75) is 4.90 Å². The second-order valence-corrected chi connectivity index (χ2v) is 8.73. The van der Waals surface area contributed by atoms with Gasteiger partial charge in [-0.2, -0.15) is 0 Å². The third-order valence-corrected chi connectivity index (χ3v) is 6.80. The number of hydrogen-bond acceptors (Lipinski definition) is 9. The fourth-order valence-corrected chi connectivity index (χ4v) is 5.02. The Morgan fingerprint density at radius 2 is 2.04 bits per heavy atom. The van der Waals surface area contributed by atoms with E-state index in [1.807, 2.05) is 18.2 Å². The smallest absolute Gasteiger partial charge is 0.277 e. The number of benzene rings is 2. The summed E-state index contributed by atoms with van der Waals surface area (Å²) in [4.78, 5) is 18.2. The standard InChI is InChI=1S/C17H13N5O4S2/c23-4-3-22-26-14-7-12-11(6-16(14)28(22,24)25)17(19-8-18-12)21-10-1-2-15-13(5-10)20-9-27-15/h1-2,5-9,23H,3-4H2,(H,18,19,21). The van der Waals surface area contributed by atoms with Crippen LogP contribution in [0.25, 0.3) is 21.1 Å². The SMILES string of the molecule is O=S1(=O)c2cc3c(Nc4ccc5scnc5c4)ncnc3cc2ON1CCO. The van der Waals surface area contributed by atoms with Gasteiger partial charge in [-0.3, -0.25) is 0 Å². The molecule has 0 amide bonds. The molecule has 3 heterocycles. The van der Waals surface area contributed by atoms with Gasteiger partial charge in [0.1, 0.15) is 17.0 Å². The summed E-state index contributed by atoms with van der Waals surface area (Å²) in [5, 5.41) is 12.8. The second kappa shape index (κ2) is 6.34. The van der Waals surface area contributed by atoms with Crippen LogP contribution in [-0.4, -0.2) is 46.1 Å². The zero-order valence-electron chi connectivity index (χ0n) is 14.2. The molecule has 9 nitrogen and oxygen atoms in total. The maximum atomic E-state index is 12.6. The lowest BCUT2D eigenvalue weighted by Crippen LogP contribution is -2.31. The Hall–Kier alpha value is -2.86. The van der Waals surface area contributed by atoms with Crippen molar-refractivity contribution in [3.8, 4) is 5.75 Å². The summed E-state index contributed by atoms with van der Waals surface area (Å²) in [6.45, 7) is -0.504. The first-order valence-electron chi connectivity index (χ1n) is 8.27. The van der Waals surface area contributed by atoms with Gasteiger partial charge in [0.2, 0.25) is 0 Å². The number of hydrogen-bond donors (Lipinski definition) is 2. The number of anilines is 2. The average Bonchev–Trinajstić information content (AvgIpc) is 3.23. The van der Waals surface area contributed by atoms with Gasteiger partial charge in [-0.15, -0.1) is 11.3 Å². The summed E-state index contributed by atoms with van der Waals surface area (Å²) in [6.07, 6.45) is 1.40. The van der Waals surface area contributed by atoms with E-state index in [0.29, 0.717) is 16.7 Å². The van der Waals surface area contributed by atoms with E-state index >= 15 is 0 Å². The lowest BCUT2D eigenvalue weighted by molar-refractivity contribution is 0.0324. The molecule has 0 aliphatic carbocycles. The van der Waals surface area contributed by atoms with Crippen LogP contribution in [0.1, 0.15) is 0 Å². The largest absolute Gasteiger partial charge is 0.395 e. The van der Waals surface area contributed by atoms with Gasteiger partial charge in [0, 0.05) is 17.1 Å². The minimum absolute atomic E-state index is 0.0150. The predicted molar refractivity (Wildman–Crippen MR) is 104 cm³/mol. The number of sulfonamides is 1. The molecule has 5 rings (SSSR count). The average molecular weight is 415 g/mol. The summed E-state index contributed by atoms with van der Waals surface area (Å²) in [5.41, 5.74) is 3.96. The van der Waals surface area contributed by atoms with Gasteiger partial charge >= 0.3 is 0 Å². The Morgan fingerprint density at radius 3 is 2.89 bits per heavy atom. The second-order valence-electron chi connectivity index (χ2n) is 6.04. The Balaban J connectivity index is 1.60. The van der Waals surface area contributed by atoms with Gasteiger partial charge in [-0.05, 0) is 28.7 Å². The Labute approximate surface area is 163 Å². The van der Waals surface area contributed by atoms with Crippen molar-refractivity contribution in [1.29, 1.82) is 0 Å². The number of nitrogens with one attached hydrogen (secondary N) is 1. The van der Waals surface area contributed by atoms with Crippen LogP contribution in [0.3, 0.4) is 0 Å². The normalized spacial score (nSPS) is 15.6. The van der Waals surface area contributed by atoms with Gasteiger partial charge in [-0.1, -0.05) is 0 Å². The van der Waals surface area contributed by atoms with Gasteiger partial charge in [0.15, 0.2) is 5.75 Å². The first-order valence-corrected chi connectivity index (χ1v) is 10.6. The van der Waals surface area contributed by atoms with Crippen molar-refractivity contribution >= 4 is 54.0 Å². The fourth-order valence-electron chi connectivity index (χ4n) is 3.02. The summed E-state index contributed by atoms with van der Waals surface area (Å²) < 4.78 is 27.1. The number of aromatic nitrogens is 3. The monoisotopic (exact) mass is 415 g/mol. The number of fused-ring (bicyclic) bond motifs is 3. The summed E-state index contributed by atoms with van der Waals surface area (Å²) in [5.74, 6) is 0.646. The Bertz CT molecular complexity index is 1320. The van der Waals surface area contributed by atoms with Crippen molar-refractivity contribution in [1.82, 2.24) is 19.4 Å². The quantitative estimate of drug-likeness (QED) is 0.521. The topological polar surface area (TPSA) is 118 Å². The molecule has 0 saturated carbocycles. The van der Waals surface area contributed by atoms with Crippen LogP contribution in [0, 0.1) is 0 Å². The van der Waals surface area contributed by atoms with Gasteiger partial charge in [0.05, 0.1) is 34.4 Å². The van der Waals surface area contributed by atoms with Gasteiger partial charge in [-0.25, -0.2) is 23.4 Å². The number of thiazole rings is 1. The zero-order valence-corrected chi connectivity index (χ0v) is 15.9. The highest BCUT2D eigenvalue weighted by Gasteiger charge is 2.37. The van der Waals surface area contributed by atoms with Crippen LogP contribution >= 0.6 is 11.3 Å². The predicted octanol–water partition coefficient (Wildman–Crippen LogP) is 2.27. The molecule has 11 heteroatoms. The van der Waals surface area contributed by atoms with E-state index in [0.717, 1.165) is 20.4 Å². The molecule has 2 N–H and O–H groups in total. The molecule has 0 unspecified atom stereocenters. The minimum Gasteiger partial charge on any atom is -0.395 e. The lowest BCUT2D eigenvalue weighted by Gasteiger charge is -2.10. The van der Waals surface area contributed by atoms with Crippen molar-refractivity contribution in [3.63, 3.8) is 0 Å². The van der Waals surface area contributed by atoms with E-state index in [1.165, 1.54) is 12.4 Å². The van der Waals surface area contributed by atoms with Crippen molar-refractivity contribution in [2.24, 2.45) is 0 Å². The Morgan fingerprint density at radius 1 is 1.14 bits per heavy atom. The van der Waals surface area contributed by atoms with Crippen LogP contribution in [0.5, 0.6) is 5.75 Å². The molecule has 0 spiro atoms. The van der Waals surface area contributed by atoms with Crippen LogP contribution in [0.2, 0.25) is 0 Å². The summed E-state index contributed by atoms with van der Waals surface area (Å²) in [6, 6.07) is 8.80. The minimum atomic E-state index is -3.85. The molecule has 0 bridgehead atoms. The summed E-state index contributed by atoms with van der Waals surface area (Å²) >= 11 is 1.55. The molecular weight excluding hydrogens is 402 g/mol. The first kappa shape index (κ1) is 17.3. The molecule has 0 atom stereocenters. The van der Waals surface area contributed by atoms with Crippen LogP contribution < -0.4 is 10.2 Å². The molecular formula is C17H13N5O4S2. The molecule has 1 aliphatic heterocycles. The number of β-amino-alcohol motifs (C(OH)–C–C–N with tert-alkyl or cyclic N) is 1. The van der Waals surface area contributed by atoms with Crippen LogP contribution in [0.4, 0.5) is 11.5 Å². The molecule has 1 aliphatic rings. The number of hydroxylamine groups is 1. The molecule has 28 heavy (non-hydrogen) atoms. The number of nitrogens with zero attached hydrogens (tertiary/aromatic N) is 4. The molecule has 2 aromatic heterocycles. The fraction of sp³-hybridized carbons (Fsp3) is 0.118. The highest BCUT2D eigenvalue weighted by Crippen LogP contribution is 2.39. The maximum absolute atomic E-state index is 12.6. The van der Waals surface area contributed by atoms with E-state index in [1.54, 1.807) is 22.9 Å². The third kappa shape index (κ3) is 2.67. The third-order valence-electron chi connectivity index (χ3n) is 4.32. The molecule has 2 aromatic carbocycles. The van der Waals surface area contributed by atoms with Crippen molar-refractivity contribution < 1.29 is 18.4 Å². The van der Waals surface area contributed by atoms with Crippen LogP contribution in [0.15, 0.2) is 47.1 Å². The van der Waals surface area contributed by atoms with Gasteiger partial charge < -0.3 is 15.3 Å². The molecule has 142 valence electrons. The number of rotatable bonds is 4. The molecule has 0 saturated heterocycles.